The minimum atomic E-state index is -0.00535. The third-order valence-electron chi connectivity index (χ3n) is 10.8. The van der Waals surface area contributed by atoms with Crippen molar-refractivity contribution in [2.45, 2.75) is 37.5 Å². The first-order chi connectivity index (χ1) is 22.6. The van der Waals surface area contributed by atoms with Gasteiger partial charge in [-0.25, -0.2) is 9.97 Å². The number of rotatable bonds is 3. The summed E-state index contributed by atoms with van der Waals surface area (Å²) in [6, 6.07) is 48.6. The predicted molar refractivity (Wildman–Crippen MR) is 189 cm³/mol. The monoisotopic (exact) mass is 588 g/mol. The van der Waals surface area contributed by atoms with E-state index >= 15 is 0 Å². The van der Waals surface area contributed by atoms with E-state index in [1.54, 1.807) is 0 Å². The molecule has 0 saturated heterocycles. The van der Waals surface area contributed by atoms with E-state index in [0.717, 1.165) is 33.5 Å². The lowest BCUT2D eigenvalue weighted by Gasteiger charge is -2.26. The molecule has 2 nitrogen and oxygen atoms in total. The number of aromatic nitrogens is 2. The summed E-state index contributed by atoms with van der Waals surface area (Å²) in [5.41, 5.74) is 18.0. The highest BCUT2D eigenvalue weighted by atomic mass is 14.9. The van der Waals surface area contributed by atoms with Crippen molar-refractivity contribution in [3.63, 3.8) is 0 Å². The van der Waals surface area contributed by atoms with Crippen LogP contribution in [-0.2, 0) is 5.41 Å². The molecule has 3 aliphatic rings. The summed E-state index contributed by atoms with van der Waals surface area (Å²) in [4.78, 5) is 10.5. The molecule has 0 bridgehead atoms. The fourth-order valence-electron chi connectivity index (χ4n) is 8.41. The van der Waals surface area contributed by atoms with E-state index in [1.807, 2.05) is 0 Å². The van der Waals surface area contributed by atoms with Crippen LogP contribution >= 0.6 is 0 Å². The lowest BCUT2D eigenvalue weighted by atomic mass is 9.78. The molecule has 1 heterocycles. The molecule has 1 saturated carbocycles. The highest BCUT2D eigenvalue weighted by molar-refractivity contribution is 5.98. The van der Waals surface area contributed by atoms with Gasteiger partial charge in [-0.3, -0.25) is 0 Å². The lowest BCUT2D eigenvalue weighted by molar-refractivity contribution is 0.660. The summed E-state index contributed by atoms with van der Waals surface area (Å²) < 4.78 is 0. The molecule has 10 rings (SSSR count). The first-order valence-electron chi connectivity index (χ1n) is 16.4. The van der Waals surface area contributed by atoms with Gasteiger partial charge in [-0.15, -0.1) is 0 Å². The average Bonchev–Trinajstić information content (AvgIpc) is 3.89. The molecule has 3 aliphatic carbocycles. The molecular formula is C44H32N2. The third-order valence-corrected chi connectivity index (χ3v) is 10.8. The van der Waals surface area contributed by atoms with Crippen LogP contribution < -0.4 is 0 Å². The van der Waals surface area contributed by atoms with Crippen molar-refractivity contribution in [3.8, 4) is 56.0 Å². The molecule has 0 spiro atoms. The van der Waals surface area contributed by atoms with Crippen LogP contribution in [0.4, 0.5) is 0 Å². The van der Waals surface area contributed by atoms with E-state index in [1.165, 1.54) is 62.1 Å². The van der Waals surface area contributed by atoms with Gasteiger partial charge < -0.3 is 0 Å². The van der Waals surface area contributed by atoms with E-state index in [4.69, 9.17) is 9.97 Å². The van der Waals surface area contributed by atoms with Gasteiger partial charge >= 0.3 is 0 Å². The Kier molecular flexibility index (Phi) is 5.27. The van der Waals surface area contributed by atoms with Crippen molar-refractivity contribution in [1.82, 2.24) is 9.97 Å². The third kappa shape index (κ3) is 3.64. The summed E-state index contributed by atoms with van der Waals surface area (Å²) in [6.45, 7) is 4.75. The quantitative estimate of drug-likeness (QED) is 0.205. The van der Waals surface area contributed by atoms with E-state index in [2.05, 4.69) is 147 Å². The van der Waals surface area contributed by atoms with Crippen LogP contribution in [0.25, 0.3) is 66.9 Å². The normalized spacial score (nSPS) is 17.9. The summed E-state index contributed by atoms with van der Waals surface area (Å²) >= 11 is 0. The van der Waals surface area contributed by atoms with Crippen LogP contribution in [0.15, 0.2) is 133 Å². The standard InChI is InChI=1S/C44H32N2/c1-44(2)37-16-10-9-15-32(37)41-38(44)21-20-31-34-25-35(34)33-24-29(17-19-30(33)40(31)41)43-45-39-22-18-28(26-11-5-3-6-12-26)23-36(39)42(46-43)27-13-7-4-8-14-27/h3-24,34-35H,25H2,1-2H3. The summed E-state index contributed by atoms with van der Waals surface area (Å²) in [6.07, 6.45) is 1.21. The van der Waals surface area contributed by atoms with Gasteiger partial charge in [0.25, 0.3) is 0 Å². The first kappa shape index (κ1) is 25.9. The Morgan fingerprint density at radius 2 is 1.24 bits per heavy atom. The van der Waals surface area contributed by atoms with Crippen LogP contribution in [0.5, 0.6) is 0 Å². The molecule has 2 atom stereocenters. The zero-order valence-electron chi connectivity index (χ0n) is 26.0. The Labute approximate surface area is 269 Å². The van der Waals surface area contributed by atoms with Crippen molar-refractivity contribution >= 4 is 10.9 Å². The van der Waals surface area contributed by atoms with Gasteiger partial charge in [-0.1, -0.05) is 129 Å². The van der Waals surface area contributed by atoms with Gasteiger partial charge in [0, 0.05) is 21.9 Å². The molecule has 0 N–H and O–H groups in total. The maximum absolute atomic E-state index is 5.30. The van der Waals surface area contributed by atoms with Crippen molar-refractivity contribution in [1.29, 1.82) is 0 Å². The van der Waals surface area contributed by atoms with Crippen LogP contribution in [0.1, 0.15) is 54.4 Å². The van der Waals surface area contributed by atoms with Crippen molar-refractivity contribution in [2.24, 2.45) is 0 Å². The Morgan fingerprint density at radius 1 is 0.522 bits per heavy atom. The van der Waals surface area contributed by atoms with Gasteiger partial charge in [-0.05, 0) is 92.1 Å². The van der Waals surface area contributed by atoms with Crippen LogP contribution in [0, 0.1) is 0 Å². The van der Waals surface area contributed by atoms with Crippen LogP contribution in [0.3, 0.4) is 0 Å². The van der Waals surface area contributed by atoms with E-state index < -0.39 is 0 Å². The summed E-state index contributed by atoms with van der Waals surface area (Å²) in [5.74, 6) is 1.94. The predicted octanol–water partition coefficient (Wildman–Crippen LogP) is 11.2. The zero-order chi connectivity index (χ0) is 30.6. The molecule has 1 fully saturated rings. The summed E-state index contributed by atoms with van der Waals surface area (Å²) in [5, 5.41) is 1.07. The topological polar surface area (TPSA) is 25.8 Å². The second kappa shape index (κ2) is 9.34. The molecule has 6 aromatic carbocycles. The average molecular weight is 589 g/mol. The SMILES string of the molecule is CC1(C)c2ccccc2-c2c1ccc1c2-c2ccc(-c3nc(-c4ccccc4)c4cc(-c5ccccc5)ccc4n3)cc2C2CC12. The molecule has 0 radical (unpaired) electrons. The fourth-order valence-corrected chi connectivity index (χ4v) is 8.41. The second-order valence-electron chi connectivity index (χ2n) is 13.7. The lowest BCUT2D eigenvalue weighted by Crippen LogP contribution is -2.15. The van der Waals surface area contributed by atoms with Gasteiger partial charge in [0.1, 0.15) is 0 Å². The molecule has 218 valence electrons. The van der Waals surface area contributed by atoms with E-state index in [9.17, 15) is 0 Å². The van der Waals surface area contributed by atoms with Gasteiger partial charge in [0.15, 0.2) is 5.82 Å². The van der Waals surface area contributed by atoms with Gasteiger partial charge in [0.2, 0.25) is 0 Å². The van der Waals surface area contributed by atoms with Crippen molar-refractivity contribution in [2.75, 3.05) is 0 Å². The molecule has 1 aromatic heterocycles. The zero-order valence-corrected chi connectivity index (χ0v) is 26.0. The van der Waals surface area contributed by atoms with Crippen LogP contribution in [0.2, 0.25) is 0 Å². The van der Waals surface area contributed by atoms with E-state index in [-0.39, 0.29) is 5.41 Å². The van der Waals surface area contributed by atoms with Crippen molar-refractivity contribution < 1.29 is 0 Å². The molecule has 2 unspecified atom stereocenters. The Balaban J connectivity index is 1.16. The number of hydrogen-bond acceptors (Lipinski definition) is 2. The molecule has 0 amide bonds. The number of hydrogen-bond donors (Lipinski definition) is 0. The van der Waals surface area contributed by atoms with Crippen molar-refractivity contribution in [3.05, 3.63) is 156 Å². The number of benzene rings is 6. The molecule has 0 aliphatic heterocycles. The first-order valence-corrected chi connectivity index (χ1v) is 16.4. The maximum atomic E-state index is 5.30. The minimum Gasteiger partial charge on any atom is -0.228 e. The van der Waals surface area contributed by atoms with E-state index in [0.29, 0.717) is 11.8 Å². The number of fused-ring (bicyclic) bond motifs is 11. The Hall–Kier alpha value is -5.34. The Morgan fingerprint density at radius 3 is 2.07 bits per heavy atom. The molecule has 46 heavy (non-hydrogen) atoms. The Bertz CT molecular complexity index is 2370. The minimum absolute atomic E-state index is 0.00535. The molecular weight excluding hydrogens is 556 g/mol. The maximum Gasteiger partial charge on any atom is 0.160 e. The smallest absolute Gasteiger partial charge is 0.160 e. The second-order valence-corrected chi connectivity index (χ2v) is 13.7. The highest BCUT2D eigenvalue weighted by Crippen LogP contribution is 2.66. The summed E-state index contributed by atoms with van der Waals surface area (Å²) in [7, 11) is 0. The largest absolute Gasteiger partial charge is 0.228 e. The highest BCUT2D eigenvalue weighted by Gasteiger charge is 2.48. The van der Waals surface area contributed by atoms with Gasteiger partial charge in [0.05, 0.1) is 11.2 Å². The fraction of sp³-hybridized carbons (Fsp3) is 0.136. The molecule has 7 aromatic rings. The number of nitrogens with zero attached hydrogens (tertiary/aromatic N) is 2. The molecule has 2 heteroatoms. The van der Waals surface area contributed by atoms with Gasteiger partial charge in [-0.2, -0.15) is 0 Å². The van der Waals surface area contributed by atoms with Crippen LogP contribution in [-0.4, -0.2) is 9.97 Å².